The minimum Gasteiger partial charge on any atom is -0.491 e. The molecule has 210 valence electrons. The highest BCUT2D eigenvalue weighted by Crippen LogP contribution is 2.23. The predicted octanol–water partition coefficient (Wildman–Crippen LogP) is 7.47. The second kappa shape index (κ2) is 13.8. The number of hydrogen-bond donors (Lipinski definition) is 1. The van der Waals surface area contributed by atoms with Crippen LogP contribution in [-0.2, 0) is 24.2 Å². The number of amides is 1. The Balaban J connectivity index is 1.06. The number of imidazole rings is 1. The zero-order chi connectivity index (χ0) is 28.4. The van der Waals surface area contributed by atoms with Crippen molar-refractivity contribution in [2.24, 2.45) is 0 Å². The van der Waals surface area contributed by atoms with Crippen LogP contribution in [0.3, 0.4) is 0 Å². The summed E-state index contributed by atoms with van der Waals surface area (Å²) in [4.78, 5) is 17.4. The van der Waals surface area contributed by atoms with Crippen LogP contribution in [0.4, 0.5) is 0 Å². The van der Waals surface area contributed by atoms with Gasteiger partial charge in [-0.15, -0.1) is 0 Å². The lowest BCUT2D eigenvalue weighted by Crippen LogP contribution is -2.26. The van der Waals surface area contributed by atoms with Gasteiger partial charge in [0.1, 0.15) is 18.2 Å². The summed E-state index contributed by atoms with van der Waals surface area (Å²) in [5.74, 6) is 2.15. The van der Waals surface area contributed by atoms with Crippen LogP contribution in [0, 0.1) is 13.8 Å². The van der Waals surface area contributed by atoms with Crippen molar-refractivity contribution >= 4 is 16.9 Å². The number of rotatable bonds is 13. The Bertz CT molecular complexity index is 1550. The van der Waals surface area contributed by atoms with E-state index < -0.39 is 0 Å². The second-order valence-electron chi connectivity index (χ2n) is 10.6. The first kappa shape index (κ1) is 28.2. The monoisotopic (exact) mass is 545 g/mol. The minimum atomic E-state index is 0.0724. The maximum Gasteiger partial charge on any atom is 0.224 e. The predicted molar refractivity (Wildman–Crippen MR) is 167 cm³/mol. The molecule has 5 nitrogen and oxygen atoms in total. The molecule has 0 bridgehead atoms. The molecule has 0 saturated heterocycles. The van der Waals surface area contributed by atoms with Gasteiger partial charge in [-0.2, -0.15) is 0 Å². The molecule has 0 radical (unpaired) electrons. The van der Waals surface area contributed by atoms with E-state index in [1.54, 1.807) is 0 Å². The smallest absolute Gasteiger partial charge is 0.224 e. The van der Waals surface area contributed by atoms with Crippen LogP contribution in [0.2, 0.25) is 0 Å². The molecule has 1 heterocycles. The third kappa shape index (κ3) is 7.43. The molecule has 5 rings (SSSR count). The van der Waals surface area contributed by atoms with Gasteiger partial charge in [-0.3, -0.25) is 4.79 Å². The first-order valence-electron chi connectivity index (χ1n) is 14.6. The van der Waals surface area contributed by atoms with Crippen LogP contribution in [-0.4, -0.2) is 28.6 Å². The van der Waals surface area contributed by atoms with Crippen molar-refractivity contribution < 1.29 is 9.53 Å². The molecule has 1 amide bonds. The molecule has 5 aromatic rings. The lowest BCUT2D eigenvalue weighted by Gasteiger charge is -2.14. The van der Waals surface area contributed by atoms with Crippen LogP contribution in [0.25, 0.3) is 22.2 Å². The van der Waals surface area contributed by atoms with E-state index >= 15 is 0 Å². The van der Waals surface area contributed by atoms with Crippen LogP contribution in [0.1, 0.15) is 41.8 Å². The Morgan fingerprint density at radius 1 is 0.780 bits per heavy atom. The number of carbonyl (C=O) groups is 1. The van der Waals surface area contributed by atoms with Crippen molar-refractivity contribution in [3.05, 3.63) is 120 Å². The second-order valence-corrected chi connectivity index (χ2v) is 10.6. The van der Waals surface area contributed by atoms with Gasteiger partial charge in [-0.1, -0.05) is 91.3 Å². The van der Waals surface area contributed by atoms with E-state index in [0.717, 1.165) is 77.1 Å². The van der Waals surface area contributed by atoms with Crippen molar-refractivity contribution in [3.63, 3.8) is 0 Å². The summed E-state index contributed by atoms with van der Waals surface area (Å²) in [6.45, 7) is 6.23. The Hall–Kier alpha value is -4.38. The van der Waals surface area contributed by atoms with Crippen LogP contribution in [0.5, 0.6) is 5.75 Å². The molecule has 0 aliphatic heterocycles. The summed E-state index contributed by atoms with van der Waals surface area (Å²) in [5.41, 5.74) is 7.88. The highest BCUT2D eigenvalue weighted by molar-refractivity contribution is 5.79. The Morgan fingerprint density at radius 3 is 2.27 bits per heavy atom. The number of aryl methyl sites for hydroxylation is 3. The number of nitrogens with zero attached hydrogens (tertiary/aromatic N) is 2. The summed E-state index contributed by atoms with van der Waals surface area (Å²) in [6, 6.07) is 33.1. The number of unbranched alkanes of at least 4 members (excludes halogenated alkanes) is 2. The quantitative estimate of drug-likeness (QED) is 0.156. The molecule has 0 spiro atoms. The van der Waals surface area contributed by atoms with E-state index in [0.29, 0.717) is 19.6 Å². The zero-order valence-corrected chi connectivity index (χ0v) is 24.1. The molecule has 0 aliphatic carbocycles. The molecule has 0 fully saturated rings. The summed E-state index contributed by atoms with van der Waals surface area (Å²) in [5, 5.41) is 3.09. The Morgan fingerprint density at radius 2 is 1.49 bits per heavy atom. The molecule has 4 aromatic carbocycles. The average molecular weight is 546 g/mol. The van der Waals surface area contributed by atoms with E-state index in [9.17, 15) is 4.79 Å². The molecular weight excluding hydrogens is 506 g/mol. The van der Waals surface area contributed by atoms with Crippen molar-refractivity contribution in [3.8, 4) is 16.9 Å². The zero-order valence-electron chi connectivity index (χ0n) is 24.1. The van der Waals surface area contributed by atoms with E-state index in [2.05, 4.69) is 84.4 Å². The summed E-state index contributed by atoms with van der Waals surface area (Å²) in [6.07, 6.45) is 4.32. The van der Waals surface area contributed by atoms with Gasteiger partial charge in [0.25, 0.3) is 0 Å². The number of para-hydroxylation sites is 3. The van der Waals surface area contributed by atoms with Gasteiger partial charge < -0.3 is 14.6 Å². The van der Waals surface area contributed by atoms with Gasteiger partial charge in [0.15, 0.2) is 0 Å². The fourth-order valence-corrected chi connectivity index (χ4v) is 5.34. The molecule has 1 aromatic heterocycles. The number of benzene rings is 4. The van der Waals surface area contributed by atoms with Gasteiger partial charge in [0.2, 0.25) is 5.91 Å². The molecule has 0 atom stereocenters. The summed E-state index contributed by atoms with van der Waals surface area (Å²) < 4.78 is 8.50. The number of hydrogen-bond acceptors (Lipinski definition) is 3. The molecule has 1 N–H and O–H groups in total. The first-order valence-corrected chi connectivity index (χ1v) is 14.6. The number of ether oxygens (including phenoxy) is 1. The van der Waals surface area contributed by atoms with E-state index in [4.69, 9.17) is 9.72 Å². The Labute approximate surface area is 243 Å². The van der Waals surface area contributed by atoms with Gasteiger partial charge >= 0.3 is 0 Å². The standard InChI is InChI=1S/C36H39N3O2/c1-27-12-11-13-28(2)36(27)41-25-24-39-33-17-9-8-16-32(33)38-34(39)18-7-4-10-23-37-35(40)26-29-19-21-31(22-20-29)30-14-5-3-6-15-30/h3,5-6,8-9,11-17,19-22H,4,7,10,18,23-26H2,1-2H3,(H,37,40). The number of aromatic nitrogens is 2. The fraction of sp³-hybridized carbons (Fsp3) is 0.278. The van der Waals surface area contributed by atoms with Crippen molar-refractivity contribution in [2.45, 2.75) is 52.5 Å². The molecular formula is C36H39N3O2. The lowest BCUT2D eigenvalue weighted by atomic mass is 10.0. The lowest BCUT2D eigenvalue weighted by molar-refractivity contribution is -0.120. The minimum absolute atomic E-state index is 0.0724. The topological polar surface area (TPSA) is 56.1 Å². The number of carbonyl (C=O) groups excluding carboxylic acids is 1. The summed E-state index contributed by atoms with van der Waals surface area (Å²) in [7, 11) is 0. The van der Waals surface area contributed by atoms with Crippen LogP contribution in [0.15, 0.2) is 97.1 Å². The van der Waals surface area contributed by atoms with E-state index in [1.165, 1.54) is 5.56 Å². The highest BCUT2D eigenvalue weighted by atomic mass is 16.5. The summed E-state index contributed by atoms with van der Waals surface area (Å²) >= 11 is 0. The third-order valence-electron chi connectivity index (χ3n) is 7.53. The van der Waals surface area contributed by atoms with Gasteiger partial charge in [0.05, 0.1) is 24.0 Å². The molecule has 0 saturated carbocycles. The molecule has 41 heavy (non-hydrogen) atoms. The highest BCUT2D eigenvalue weighted by Gasteiger charge is 2.11. The fourth-order valence-electron chi connectivity index (χ4n) is 5.34. The first-order chi connectivity index (χ1) is 20.1. The van der Waals surface area contributed by atoms with Crippen molar-refractivity contribution in [1.82, 2.24) is 14.9 Å². The maximum atomic E-state index is 12.5. The number of nitrogens with one attached hydrogen (secondary N) is 1. The van der Waals surface area contributed by atoms with Crippen LogP contribution < -0.4 is 10.1 Å². The maximum absolute atomic E-state index is 12.5. The van der Waals surface area contributed by atoms with Gasteiger partial charge in [-0.05, 0) is 66.6 Å². The molecule has 0 unspecified atom stereocenters. The SMILES string of the molecule is Cc1cccc(C)c1OCCn1c(CCCCCNC(=O)Cc2ccc(-c3ccccc3)cc2)nc2ccccc21. The van der Waals surface area contributed by atoms with Crippen LogP contribution >= 0.6 is 0 Å². The largest absolute Gasteiger partial charge is 0.491 e. The molecule has 5 heteroatoms. The Kier molecular flexibility index (Phi) is 9.48. The van der Waals surface area contributed by atoms with Crippen molar-refractivity contribution in [1.29, 1.82) is 0 Å². The van der Waals surface area contributed by atoms with Gasteiger partial charge in [-0.25, -0.2) is 4.98 Å². The van der Waals surface area contributed by atoms with E-state index in [1.807, 2.05) is 36.4 Å². The molecule has 0 aliphatic rings. The van der Waals surface area contributed by atoms with Crippen molar-refractivity contribution in [2.75, 3.05) is 13.2 Å². The average Bonchev–Trinajstić information content (AvgIpc) is 3.34. The normalized spacial score (nSPS) is 11.1. The third-order valence-corrected chi connectivity index (χ3v) is 7.53. The number of fused-ring (bicyclic) bond motifs is 1. The van der Waals surface area contributed by atoms with E-state index in [-0.39, 0.29) is 5.91 Å². The van der Waals surface area contributed by atoms with Gasteiger partial charge in [0, 0.05) is 13.0 Å².